The first-order valence-corrected chi connectivity index (χ1v) is 6.41. The lowest BCUT2D eigenvalue weighted by Crippen LogP contribution is -2.13. The molecule has 0 amide bonds. The molecule has 0 saturated heterocycles. The Morgan fingerprint density at radius 2 is 2.00 bits per heavy atom. The van der Waals surface area contributed by atoms with Crippen LogP contribution in [0.25, 0.3) is 0 Å². The highest BCUT2D eigenvalue weighted by atomic mass is 79.9. The summed E-state index contributed by atoms with van der Waals surface area (Å²) in [5.74, 6) is -0.468. The molecule has 7 heteroatoms. The van der Waals surface area contributed by atoms with Crippen LogP contribution in [0.2, 0.25) is 0 Å². The van der Waals surface area contributed by atoms with Crippen LogP contribution in [0.3, 0.4) is 0 Å². The molecule has 0 spiro atoms. The van der Waals surface area contributed by atoms with E-state index in [1.807, 2.05) is 0 Å². The minimum absolute atomic E-state index is 0.235. The average Bonchev–Trinajstić information content (AvgIpc) is 2.17. The predicted molar refractivity (Wildman–Crippen MR) is 60.5 cm³/mol. The molecule has 90 valence electrons. The molecular formula is C9H9BrF3NOS. The highest BCUT2D eigenvalue weighted by Crippen LogP contribution is 2.25. The summed E-state index contributed by atoms with van der Waals surface area (Å²) in [7, 11) is -1.73. The monoisotopic (exact) mass is 315 g/mol. The molecule has 1 aromatic rings. The zero-order chi connectivity index (χ0) is 12.3. The maximum atomic E-state index is 11.9. The molecule has 0 aliphatic carbocycles. The quantitative estimate of drug-likeness (QED) is 0.871. The summed E-state index contributed by atoms with van der Waals surface area (Å²) < 4.78 is 48.0. The Labute approximate surface area is 102 Å². The lowest BCUT2D eigenvalue weighted by Gasteiger charge is -2.08. The third kappa shape index (κ3) is 4.13. The van der Waals surface area contributed by atoms with Gasteiger partial charge in [0.05, 0.1) is 22.1 Å². The molecular weight excluding hydrogens is 307 g/mol. The Bertz CT molecular complexity index is 408. The molecule has 0 heterocycles. The van der Waals surface area contributed by atoms with Crippen molar-refractivity contribution in [3.8, 4) is 0 Å². The van der Waals surface area contributed by atoms with Gasteiger partial charge in [0.15, 0.2) is 0 Å². The van der Waals surface area contributed by atoms with Crippen molar-refractivity contribution in [1.29, 1.82) is 0 Å². The van der Waals surface area contributed by atoms with Gasteiger partial charge in [-0.15, -0.1) is 0 Å². The lowest BCUT2D eigenvalue weighted by molar-refractivity contribution is -0.129. The van der Waals surface area contributed by atoms with Gasteiger partial charge in [0, 0.05) is 15.9 Å². The van der Waals surface area contributed by atoms with E-state index in [1.165, 1.54) is 12.1 Å². The molecule has 1 atom stereocenters. The number of halogens is 4. The van der Waals surface area contributed by atoms with Crippen molar-refractivity contribution in [1.82, 2.24) is 0 Å². The molecule has 0 aliphatic rings. The van der Waals surface area contributed by atoms with Crippen molar-refractivity contribution >= 4 is 32.4 Å². The van der Waals surface area contributed by atoms with Crippen molar-refractivity contribution in [2.45, 2.75) is 17.5 Å². The number of hydrogen-bond donors (Lipinski definition) is 1. The number of hydrogen-bond acceptors (Lipinski definition) is 2. The van der Waals surface area contributed by atoms with Gasteiger partial charge in [-0.05, 0) is 18.2 Å². The van der Waals surface area contributed by atoms with Crippen LogP contribution in [0, 0.1) is 0 Å². The number of anilines is 1. The van der Waals surface area contributed by atoms with Crippen molar-refractivity contribution in [3.63, 3.8) is 0 Å². The molecule has 0 aliphatic heterocycles. The van der Waals surface area contributed by atoms with Crippen LogP contribution in [-0.2, 0) is 10.8 Å². The Morgan fingerprint density at radius 3 is 2.56 bits per heavy atom. The van der Waals surface area contributed by atoms with Crippen molar-refractivity contribution < 1.29 is 17.4 Å². The maximum absolute atomic E-state index is 11.9. The maximum Gasteiger partial charge on any atom is 0.390 e. The summed E-state index contributed by atoms with van der Waals surface area (Å²) in [6, 6.07) is 4.62. The topological polar surface area (TPSA) is 43.1 Å². The van der Waals surface area contributed by atoms with Gasteiger partial charge in [-0.1, -0.05) is 15.9 Å². The molecule has 0 bridgehead atoms. The van der Waals surface area contributed by atoms with E-state index in [0.717, 1.165) is 0 Å². The molecule has 1 unspecified atom stereocenters. The fourth-order valence-electron chi connectivity index (χ4n) is 1.02. The van der Waals surface area contributed by atoms with E-state index in [0.29, 0.717) is 4.47 Å². The Hall–Kier alpha value is -0.560. The van der Waals surface area contributed by atoms with Crippen LogP contribution in [-0.4, -0.2) is 16.1 Å². The summed E-state index contributed by atoms with van der Waals surface area (Å²) in [4.78, 5) is 0.235. The normalized spacial score (nSPS) is 13.8. The SMILES string of the molecule is Nc1ccc(Br)cc1S(=O)CCC(F)(F)F. The molecule has 0 fully saturated rings. The van der Waals surface area contributed by atoms with Gasteiger partial charge in [-0.2, -0.15) is 13.2 Å². The summed E-state index contributed by atoms with van der Waals surface area (Å²) in [6.07, 6.45) is -5.37. The summed E-state index contributed by atoms with van der Waals surface area (Å²) >= 11 is 3.14. The zero-order valence-electron chi connectivity index (χ0n) is 8.05. The number of rotatable bonds is 3. The molecule has 0 radical (unpaired) electrons. The summed E-state index contributed by atoms with van der Waals surface area (Å²) in [6.45, 7) is 0. The fourth-order valence-corrected chi connectivity index (χ4v) is 2.76. The van der Waals surface area contributed by atoms with Gasteiger partial charge >= 0.3 is 6.18 Å². The van der Waals surface area contributed by atoms with Gasteiger partial charge in [0.2, 0.25) is 0 Å². The number of nitrogen functional groups attached to an aromatic ring is 1. The smallest absolute Gasteiger partial charge is 0.390 e. The first-order valence-electron chi connectivity index (χ1n) is 4.30. The van der Waals surface area contributed by atoms with E-state index < -0.39 is 29.1 Å². The van der Waals surface area contributed by atoms with Crippen LogP contribution >= 0.6 is 15.9 Å². The second kappa shape index (κ2) is 5.18. The van der Waals surface area contributed by atoms with Crippen LogP contribution in [0.5, 0.6) is 0 Å². The summed E-state index contributed by atoms with van der Waals surface area (Å²) in [5.41, 5.74) is 5.77. The largest absolute Gasteiger partial charge is 0.398 e. The van der Waals surface area contributed by atoms with Gasteiger partial charge in [0.25, 0.3) is 0 Å². The minimum atomic E-state index is -4.30. The zero-order valence-corrected chi connectivity index (χ0v) is 10.5. The Kier molecular flexibility index (Phi) is 4.37. The second-order valence-electron chi connectivity index (χ2n) is 3.10. The standard InChI is InChI=1S/C9H9BrF3NOS/c10-6-1-2-7(14)8(5-6)16(15)4-3-9(11,12)13/h1-2,5H,3-4,14H2. The molecule has 1 aromatic carbocycles. The first kappa shape index (κ1) is 13.5. The summed E-state index contributed by atoms with van der Waals surface area (Å²) in [5, 5.41) is 0. The third-order valence-electron chi connectivity index (χ3n) is 1.79. The van der Waals surface area contributed by atoms with E-state index in [9.17, 15) is 17.4 Å². The molecule has 0 aromatic heterocycles. The predicted octanol–water partition coefficient (Wildman–Crippen LogP) is 3.09. The molecule has 2 nitrogen and oxygen atoms in total. The minimum Gasteiger partial charge on any atom is -0.398 e. The van der Waals surface area contributed by atoms with Crippen molar-refractivity contribution in [2.24, 2.45) is 0 Å². The highest BCUT2D eigenvalue weighted by molar-refractivity contribution is 9.10. The molecule has 1 rings (SSSR count). The number of nitrogens with two attached hydrogens (primary N) is 1. The molecule has 0 saturated carbocycles. The highest BCUT2D eigenvalue weighted by Gasteiger charge is 2.28. The molecule has 2 N–H and O–H groups in total. The average molecular weight is 316 g/mol. The van der Waals surface area contributed by atoms with E-state index in [2.05, 4.69) is 15.9 Å². The number of benzene rings is 1. The van der Waals surface area contributed by atoms with Gasteiger partial charge < -0.3 is 5.73 Å². The van der Waals surface area contributed by atoms with Crippen molar-refractivity contribution in [2.75, 3.05) is 11.5 Å². The van der Waals surface area contributed by atoms with Gasteiger partial charge in [0.1, 0.15) is 0 Å². The van der Waals surface area contributed by atoms with Gasteiger partial charge in [-0.25, -0.2) is 0 Å². The fraction of sp³-hybridized carbons (Fsp3) is 0.333. The van der Waals surface area contributed by atoms with Crippen LogP contribution in [0.1, 0.15) is 6.42 Å². The lowest BCUT2D eigenvalue weighted by atomic mass is 10.3. The van der Waals surface area contributed by atoms with E-state index in [4.69, 9.17) is 5.73 Å². The van der Waals surface area contributed by atoms with Gasteiger partial charge in [-0.3, -0.25) is 4.21 Å². The Morgan fingerprint density at radius 1 is 1.38 bits per heavy atom. The van der Waals surface area contributed by atoms with E-state index in [-0.39, 0.29) is 10.6 Å². The second-order valence-corrected chi connectivity index (χ2v) is 5.55. The third-order valence-corrected chi connectivity index (χ3v) is 3.70. The van der Waals surface area contributed by atoms with Crippen LogP contribution in [0.4, 0.5) is 18.9 Å². The Balaban J connectivity index is 2.77. The van der Waals surface area contributed by atoms with E-state index in [1.54, 1.807) is 6.07 Å². The molecule has 16 heavy (non-hydrogen) atoms. The van der Waals surface area contributed by atoms with Crippen LogP contribution in [0.15, 0.2) is 27.6 Å². The van der Waals surface area contributed by atoms with Crippen LogP contribution < -0.4 is 5.73 Å². The van der Waals surface area contributed by atoms with E-state index >= 15 is 0 Å². The van der Waals surface area contributed by atoms with Crippen molar-refractivity contribution in [3.05, 3.63) is 22.7 Å². The number of alkyl halides is 3. The first-order chi connectivity index (χ1) is 7.29.